The van der Waals surface area contributed by atoms with Gasteiger partial charge in [-0.2, -0.15) is 5.12 Å². The fraction of sp³-hybridized carbons (Fsp3) is 0.680. The molecule has 2 heterocycles. The maximum absolute atomic E-state index is 3.79. The van der Waals surface area contributed by atoms with Crippen LogP contribution in [0.5, 0.6) is 0 Å². The molecule has 1 atom stereocenters. The van der Waals surface area contributed by atoms with Crippen LogP contribution in [0.3, 0.4) is 0 Å². The van der Waals surface area contributed by atoms with Crippen LogP contribution in [0.1, 0.15) is 76.2 Å². The summed E-state index contributed by atoms with van der Waals surface area (Å²) in [6, 6.07) is 10.9. The number of rotatable bonds is 4. The second kappa shape index (κ2) is 10.4. The van der Waals surface area contributed by atoms with Gasteiger partial charge in [0.1, 0.15) is 6.04 Å². The Bertz CT molecular complexity index is 611. The Morgan fingerprint density at radius 3 is 1.82 bits per heavy atom. The van der Waals surface area contributed by atoms with Crippen LogP contribution < -0.4 is 0 Å². The molecule has 1 aromatic rings. The Morgan fingerprint density at radius 1 is 0.714 bits per heavy atom. The molecule has 3 heteroatoms. The van der Waals surface area contributed by atoms with E-state index in [9.17, 15) is 0 Å². The maximum Gasteiger partial charge on any atom is 0.104 e. The second-order valence-corrected chi connectivity index (χ2v) is 8.83. The first kappa shape index (κ1) is 20.0. The lowest BCUT2D eigenvalue weighted by Crippen LogP contribution is -2.61. The van der Waals surface area contributed by atoms with Crippen LogP contribution in [0, 0.1) is 17.8 Å². The molecule has 4 rings (SSSR count). The summed E-state index contributed by atoms with van der Waals surface area (Å²) in [7, 11) is 0. The molecule has 1 saturated carbocycles. The van der Waals surface area contributed by atoms with Gasteiger partial charge >= 0.3 is 0 Å². The van der Waals surface area contributed by atoms with E-state index in [1.165, 1.54) is 96.8 Å². The molecule has 0 bridgehead atoms. The molecule has 3 nitrogen and oxygen atoms in total. The minimum atomic E-state index is 0.330. The molecule has 0 N–H and O–H groups in total. The summed E-state index contributed by atoms with van der Waals surface area (Å²) in [6.45, 7) is 4.80. The fourth-order valence-corrected chi connectivity index (χ4v) is 5.19. The first-order valence-corrected chi connectivity index (χ1v) is 11.8. The van der Waals surface area contributed by atoms with Gasteiger partial charge in [0.05, 0.1) is 0 Å². The van der Waals surface area contributed by atoms with E-state index in [1.807, 2.05) is 0 Å². The lowest BCUT2D eigenvalue weighted by molar-refractivity contribution is -0.222. The summed E-state index contributed by atoms with van der Waals surface area (Å²) in [4.78, 5) is 0. The van der Waals surface area contributed by atoms with Crippen molar-refractivity contribution in [3.63, 3.8) is 0 Å². The van der Waals surface area contributed by atoms with E-state index >= 15 is 0 Å². The third kappa shape index (κ3) is 5.17. The van der Waals surface area contributed by atoms with E-state index in [1.54, 1.807) is 0 Å². The van der Waals surface area contributed by atoms with Crippen molar-refractivity contribution >= 4 is 0 Å². The predicted molar refractivity (Wildman–Crippen MR) is 116 cm³/mol. The van der Waals surface area contributed by atoms with E-state index in [0.29, 0.717) is 12.0 Å². The summed E-state index contributed by atoms with van der Waals surface area (Å²) in [6.07, 6.45) is 14.9. The van der Waals surface area contributed by atoms with Crippen LogP contribution >= 0.6 is 0 Å². The zero-order chi connectivity index (χ0) is 19.0. The average Bonchev–Trinajstić information content (AvgIpc) is 2.79. The Kier molecular flexibility index (Phi) is 7.44. The molecule has 3 aliphatic rings. The van der Waals surface area contributed by atoms with E-state index < -0.39 is 0 Å². The Labute approximate surface area is 172 Å². The van der Waals surface area contributed by atoms with Crippen molar-refractivity contribution in [1.29, 1.82) is 0 Å². The molecule has 1 aliphatic carbocycles. The quantitative estimate of drug-likeness (QED) is 0.675. The minimum absolute atomic E-state index is 0.330. The van der Waals surface area contributed by atoms with Crippen LogP contribution in [-0.2, 0) is 0 Å². The van der Waals surface area contributed by atoms with Crippen LogP contribution in [0.25, 0.3) is 0 Å². The lowest BCUT2D eigenvalue weighted by Gasteiger charge is -2.50. The van der Waals surface area contributed by atoms with Crippen molar-refractivity contribution < 1.29 is 0 Å². The van der Waals surface area contributed by atoms with Crippen molar-refractivity contribution in [3.8, 4) is 11.8 Å². The molecule has 3 fully saturated rings. The van der Waals surface area contributed by atoms with Gasteiger partial charge in [0.2, 0.25) is 0 Å². The smallest absolute Gasteiger partial charge is 0.104 e. The van der Waals surface area contributed by atoms with E-state index in [2.05, 4.69) is 57.3 Å². The van der Waals surface area contributed by atoms with Crippen LogP contribution in [0.4, 0.5) is 0 Å². The predicted octanol–water partition coefficient (Wildman–Crippen LogP) is 5.09. The Hall–Kier alpha value is -1.34. The summed E-state index contributed by atoms with van der Waals surface area (Å²) < 4.78 is 0. The fourth-order valence-electron chi connectivity index (χ4n) is 5.19. The molecule has 1 unspecified atom stereocenters. The molecule has 0 spiro atoms. The molecule has 1 aromatic carbocycles. The number of piperidine rings is 2. The van der Waals surface area contributed by atoms with E-state index in [-0.39, 0.29) is 0 Å². The van der Waals surface area contributed by atoms with Crippen molar-refractivity contribution in [2.75, 3.05) is 26.2 Å². The first-order chi connectivity index (χ1) is 13.9. The van der Waals surface area contributed by atoms with Gasteiger partial charge in [0, 0.05) is 31.7 Å². The van der Waals surface area contributed by atoms with Gasteiger partial charge in [-0.1, -0.05) is 62.1 Å². The Morgan fingerprint density at radius 2 is 1.25 bits per heavy atom. The van der Waals surface area contributed by atoms with Crippen molar-refractivity contribution in [2.24, 2.45) is 5.92 Å². The number of nitrogens with zero attached hydrogens (tertiary/aromatic N) is 3. The third-order valence-electron chi connectivity index (χ3n) is 6.73. The Balaban J connectivity index is 1.63. The highest BCUT2D eigenvalue weighted by atomic mass is 15.9. The maximum atomic E-state index is 3.79. The second-order valence-electron chi connectivity index (χ2n) is 8.83. The van der Waals surface area contributed by atoms with Gasteiger partial charge in [-0.15, -0.1) is 0 Å². The summed E-state index contributed by atoms with van der Waals surface area (Å²) >= 11 is 0. The van der Waals surface area contributed by atoms with Crippen molar-refractivity contribution in [1.82, 2.24) is 15.1 Å². The third-order valence-corrected chi connectivity index (χ3v) is 6.73. The molecular weight excluding hydrogens is 342 g/mol. The number of benzene rings is 1. The summed E-state index contributed by atoms with van der Waals surface area (Å²) in [5.41, 5.74) is 1.15. The zero-order valence-electron chi connectivity index (χ0n) is 17.5. The normalized spacial score (nSPS) is 23.9. The highest BCUT2D eigenvalue weighted by Crippen LogP contribution is 2.32. The van der Waals surface area contributed by atoms with Crippen LogP contribution in [0.15, 0.2) is 30.3 Å². The molecule has 28 heavy (non-hydrogen) atoms. The SMILES string of the molecule is C(#CC(C1CCCCC1)N(N1CCCCC1)N1CCCCC1)c1ccccc1. The van der Waals surface area contributed by atoms with Gasteiger partial charge < -0.3 is 0 Å². The van der Waals surface area contributed by atoms with E-state index in [0.717, 1.165) is 5.56 Å². The molecule has 0 aromatic heterocycles. The first-order valence-electron chi connectivity index (χ1n) is 11.8. The van der Waals surface area contributed by atoms with Crippen molar-refractivity contribution in [3.05, 3.63) is 35.9 Å². The average molecular weight is 380 g/mol. The molecule has 0 amide bonds. The number of hydrogen-bond donors (Lipinski definition) is 0. The van der Waals surface area contributed by atoms with Crippen LogP contribution in [-0.4, -0.2) is 47.4 Å². The molecule has 0 radical (unpaired) electrons. The highest BCUT2D eigenvalue weighted by molar-refractivity contribution is 5.35. The van der Waals surface area contributed by atoms with Gasteiger partial charge in [0.15, 0.2) is 0 Å². The standard InChI is InChI=1S/C25H37N3/c1-5-13-23(14-6-1)17-18-25(24-15-7-2-8-16-24)28(26-19-9-3-10-20-26)27-21-11-4-12-22-27/h1,5-6,13-14,24-25H,2-4,7-12,15-16,19-22H2. The van der Waals surface area contributed by atoms with E-state index in [4.69, 9.17) is 0 Å². The highest BCUT2D eigenvalue weighted by Gasteiger charge is 2.35. The van der Waals surface area contributed by atoms with Gasteiger partial charge in [0.25, 0.3) is 0 Å². The molecular formula is C25H37N3. The van der Waals surface area contributed by atoms with Crippen LogP contribution in [0.2, 0.25) is 0 Å². The largest absolute Gasteiger partial charge is 0.227 e. The minimum Gasteiger partial charge on any atom is -0.227 e. The lowest BCUT2D eigenvalue weighted by atomic mass is 9.84. The number of hydrazine groups is 2. The summed E-state index contributed by atoms with van der Waals surface area (Å²) in [5, 5.41) is 7.99. The molecule has 2 saturated heterocycles. The molecule has 2 aliphatic heterocycles. The molecule has 152 valence electrons. The topological polar surface area (TPSA) is 9.72 Å². The number of hydrogen-bond acceptors (Lipinski definition) is 3. The van der Waals surface area contributed by atoms with Gasteiger partial charge in [-0.25, -0.2) is 10.0 Å². The zero-order valence-corrected chi connectivity index (χ0v) is 17.5. The van der Waals surface area contributed by atoms with Gasteiger partial charge in [-0.05, 0) is 56.6 Å². The monoisotopic (exact) mass is 379 g/mol. The van der Waals surface area contributed by atoms with Gasteiger partial charge in [-0.3, -0.25) is 0 Å². The van der Waals surface area contributed by atoms with Crippen molar-refractivity contribution in [2.45, 2.75) is 76.7 Å². The summed E-state index contributed by atoms with van der Waals surface area (Å²) in [5.74, 6) is 8.05.